The Labute approximate surface area is 259 Å². The van der Waals surface area contributed by atoms with Crippen LogP contribution in [0.2, 0.25) is 0 Å². The normalized spacial score (nSPS) is 21.4. The molecular weight excluding hydrogens is 552 g/mol. The highest BCUT2D eigenvalue weighted by Gasteiger charge is 2.30. The molecule has 0 spiro atoms. The Morgan fingerprint density at radius 3 is 2.30 bits per heavy atom. The van der Waals surface area contributed by atoms with Crippen LogP contribution >= 0.6 is 11.3 Å². The predicted molar refractivity (Wildman–Crippen MR) is 175 cm³/mol. The number of carbonyl (C=O) groups is 1. The molecule has 2 aromatic carbocycles. The third-order valence-corrected chi connectivity index (χ3v) is 11.0. The molecule has 0 amide bonds. The molecule has 0 unspecified atom stereocenters. The van der Waals surface area contributed by atoms with Crippen LogP contribution in [0.15, 0.2) is 54.6 Å². The van der Waals surface area contributed by atoms with E-state index in [9.17, 15) is 15.0 Å². The number of ketones is 1. The number of aryl methyl sites for hydroxylation is 1. The van der Waals surface area contributed by atoms with Crippen LogP contribution in [0, 0.1) is 17.3 Å². The number of hydrogen-bond donors (Lipinski definition) is 2. The second kappa shape index (κ2) is 12.5. The highest BCUT2D eigenvalue weighted by molar-refractivity contribution is 7.19. The summed E-state index contributed by atoms with van der Waals surface area (Å²) in [6.07, 6.45) is 9.36. The number of aliphatic hydroxyl groups is 1. The molecular formula is C37H44N2O3S. The summed E-state index contributed by atoms with van der Waals surface area (Å²) < 4.78 is 0. The molecule has 0 aliphatic heterocycles. The van der Waals surface area contributed by atoms with E-state index < -0.39 is 0 Å². The molecule has 2 aliphatic rings. The fourth-order valence-corrected chi connectivity index (χ4v) is 7.93. The Hall–Kier alpha value is -3.09. The summed E-state index contributed by atoms with van der Waals surface area (Å²) >= 11 is 1.45. The van der Waals surface area contributed by atoms with Crippen LogP contribution in [-0.2, 0) is 12.8 Å². The number of carbonyl (C=O) groups excluding carboxylic acids is 1. The summed E-state index contributed by atoms with van der Waals surface area (Å²) in [5, 5.41) is 20.2. The van der Waals surface area contributed by atoms with E-state index in [-0.39, 0.29) is 29.0 Å². The summed E-state index contributed by atoms with van der Waals surface area (Å²) in [5.74, 6) is 1.70. The molecule has 4 aromatic rings. The number of Topliss-reactive ketones (excluding diaryl/α,β-unsaturated/α-hetero) is 1. The number of aromatic nitrogens is 2. The minimum Gasteiger partial charge on any atom is -0.508 e. The molecule has 0 radical (unpaired) electrons. The standard InChI is InChI=1S/C37H44N2O3S/c1-37(2,3)29-14-19-32-28(20-29)21-33-35(38-32)43-36(39-33)34(42)22-27(7-4-23-5-15-30(40)16-6-23)26-10-8-24(9-11-26)25-12-17-31(41)18-13-25/h8-13,17-18,21,23,27,29-30,40-41H,4-7,14-16,19-20,22H2,1-3H3/t23?,27-,29-,30?/m0/s1. The van der Waals surface area contributed by atoms with E-state index in [2.05, 4.69) is 51.1 Å². The van der Waals surface area contributed by atoms with Crippen LogP contribution in [0.4, 0.5) is 0 Å². The van der Waals surface area contributed by atoms with Crippen molar-refractivity contribution in [1.29, 1.82) is 0 Å². The van der Waals surface area contributed by atoms with Gasteiger partial charge in [0.2, 0.25) is 0 Å². The quantitative estimate of drug-likeness (QED) is 0.199. The third kappa shape index (κ3) is 7.02. The fourth-order valence-electron chi connectivity index (χ4n) is 7.04. The SMILES string of the molecule is CC(C)(C)[C@H]1CCc2nc3sc(C(=O)C[C@H](CCC4CCC(O)CC4)c4ccc(-c5ccc(O)cc5)cc4)nc3cc2C1. The molecule has 2 aliphatic carbocycles. The van der Waals surface area contributed by atoms with Crippen LogP contribution in [0.5, 0.6) is 5.75 Å². The molecule has 226 valence electrons. The van der Waals surface area contributed by atoms with Gasteiger partial charge in [-0.1, -0.05) is 68.5 Å². The van der Waals surface area contributed by atoms with E-state index >= 15 is 0 Å². The highest BCUT2D eigenvalue weighted by atomic mass is 32.1. The first-order chi connectivity index (χ1) is 20.6. The molecule has 1 fully saturated rings. The predicted octanol–water partition coefficient (Wildman–Crippen LogP) is 8.90. The van der Waals surface area contributed by atoms with Gasteiger partial charge in [0.1, 0.15) is 16.1 Å². The Balaban J connectivity index is 1.21. The topological polar surface area (TPSA) is 83.3 Å². The van der Waals surface area contributed by atoms with Gasteiger partial charge >= 0.3 is 0 Å². The monoisotopic (exact) mass is 596 g/mol. The van der Waals surface area contributed by atoms with Crippen molar-refractivity contribution in [2.45, 2.75) is 97.0 Å². The van der Waals surface area contributed by atoms with Gasteiger partial charge in [-0.15, -0.1) is 0 Å². The lowest BCUT2D eigenvalue weighted by Crippen LogP contribution is -2.27. The maximum absolute atomic E-state index is 13.8. The number of hydrogen-bond acceptors (Lipinski definition) is 6. The Morgan fingerprint density at radius 2 is 1.63 bits per heavy atom. The van der Waals surface area contributed by atoms with Crippen LogP contribution in [0.1, 0.15) is 105 Å². The molecule has 2 N–H and O–H groups in total. The van der Waals surface area contributed by atoms with Gasteiger partial charge in [0.15, 0.2) is 10.8 Å². The van der Waals surface area contributed by atoms with Gasteiger partial charge in [0.25, 0.3) is 0 Å². The van der Waals surface area contributed by atoms with Gasteiger partial charge in [-0.25, -0.2) is 9.97 Å². The van der Waals surface area contributed by atoms with Gasteiger partial charge in [-0.2, -0.15) is 0 Å². The van der Waals surface area contributed by atoms with Crippen molar-refractivity contribution in [3.63, 3.8) is 0 Å². The van der Waals surface area contributed by atoms with Gasteiger partial charge in [-0.3, -0.25) is 4.79 Å². The number of thiazole rings is 1. The number of phenols is 1. The molecule has 1 saturated carbocycles. The lowest BCUT2D eigenvalue weighted by molar-refractivity contribution is 0.0963. The summed E-state index contributed by atoms with van der Waals surface area (Å²) in [6, 6.07) is 18.0. The maximum Gasteiger partial charge on any atom is 0.192 e. The van der Waals surface area contributed by atoms with Crippen LogP contribution < -0.4 is 0 Å². The maximum atomic E-state index is 13.8. The number of phenolic OH excluding ortho intramolecular Hbond substituents is 1. The first-order valence-corrected chi connectivity index (χ1v) is 16.8. The van der Waals surface area contributed by atoms with Gasteiger partial charge in [-0.05, 0) is 121 Å². The van der Waals surface area contributed by atoms with Crippen molar-refractivity contribution in [1.82, 2.24) is 9.97 Å². The number of fused-ring (bicyclic) bond motifs is 2. The molecule has 43 heavy (non-hydrogen) atoms. The van der Waals surface area contributed by atoms with E-state index in [1.54, 1.807) is 12.1 Å². The molecule has 6 heteroatoms. The highest BCUT2D eigenvalue weighted by Crippen LogP contribution is 2.39. The third-order valence-electron chi connectivity index (χ3n) is 9.97. The van der Waals surface area contributed by atoms with E-state index in [1.165, 1.54) is 28.2 Å². The number of pyridine rings is 1. The zero-order chi connectivity index (χ0) is 30.1. The number of rotatable bonds is 8. The molecule has 6 rings (SSSR count). The van der Waals surface area contributed by atoms with E-state index in [0.29, 0.717) is 23.3 Å². The molecule has 0 saturated heterocycles. The first-order valence-electron chi connectivity index (χ1n) is 16.0. The van der Waals surface area contributed by atoms with E-state index in [0.717, 1.165) is 79.3 Å². The van der Waals surface area contributed by atoms with Crippen molar-refractivity contribution >= 4 is 27.5 Å². The fraction of sp³-hybridized carbons (Fsp3) is 0.486. The second-order valence-electron chi connectivity index (χ2n) is 14.0. The second-order valence-corrected chi connectivity index (χ2v) is 15.0. The molecule has 5 nitrogen and oxygen atoms in total. The van der Waals surface area contributed by atoms with Crippen molar-refractivity contribution in [3.05, 3.63) is 76.4 Å². The van der Waals surface area contributed by atoms with Crippen LogP contribution in [0.25, 0.3) is 21.5 Å². The van der Waals surface area contributed by atoms with Gasteiger partial charge in [0, 0.05) is 12.1 Å². The van der Waals surface area contributed by atoms with Crippen molar-refractivity contribution in [2.24, 2.45) is 17.3 Å². The molecule has 2 atom stereocenters. The van der Waals surface area contributed by atoms with Gasteiger partial charge in [0.05, 0.1) is 6.10 Å². The number of aliphatic hydroxyl groups excluding tert-OH is 1. The zero-order valence-electron chi connectivity index (χ0n) is 25.7. The minimum absolute atomic E-state index is 0.0974. The summed E-state index contributed by atoms with van der Waals surface area (Å²) in [4.78, 5) is 24.5. The van der Waals surface area contributed by atoms with Crippen molar-refractivity contribution < 1.29 is 15.0 Å². The summed E-state index contributed by atoms with van der Waals surface area (Å²) in [7, 11) is 0. The number of benzene rings is 2. The van der Waals surface area contributed by atoms with E-state index in [4.69, 9.17) is 9.97 Å². The van der Waals surface area contributed by atoms with Crippen molar-refractivity contribution in [3.8, 4) is 16.9 Å². The van der Waals surface area contributed by atoms with E-state index in [1.807, 2.05) is 12.1 Å². The minimum atomic E-state index is -0.154. The van der Waals surface area contributed by atoms with Crippen molar-refractivity contribution in [2.75, 3.05) is 0 Å². The number of nitrogens with zero attached hydrogens (tertiary/aromatic N) is 2. The zero-order valence-corrected chi connectivity index (χ0v) is 26.5. The molecule has 2 aromatic heterocycles. The van der Waals surface area contributed by atoms with Gasteiger partial charge < -0.3 is 10.2 Å². The smallest absolute Gasteiger partial charge is 0.192 e. The first kappa shape index (κ1) is 30.0. The Kier molecular flexibility index (Phi) is 8.70. The summed E-state index contributed by atoms with van der Waals surface area (Å²) in [5.41, 5.74) is 6.92. The Bertz CT molecular complexity index is 1560. The molecule has 2 heterocycles. The summed E-state index contributed by atoms with van der Waals surface area (Å²) in [6.45, 7) is 6.97. The molecule has 0 bridgehead atoms. The average molecular weight is 597 g/mol. The van der Waals surface area contributed by atoms with Crippen LogP contribution in [-0.4, -0.2) is 32.1 Å². The lowest BCUT2D eigenvalue weighted by atomic mass is 9.71. The average Bonchev–Trinajstić information content (AvgIpc) is 3.41. The largest absolute Gasteiger partial charge is 0.508 e. The number of aromatic hydroxyl groups is 1. The lowest BCUT2D eigenvalue weighted by Gasteiger charge is -2.34. The van der Waals surface area contributed by atoms with Crippen LogP contribution in [0.3, 0.4) is 0 Å². The Morgan fingerprint density at radius 1 is 0.953 bits per heavy atom.